The van der Waals surface area contributed by atoms with Gasteiger partial charge in [-0.3, -0.25) is 4.79 Å². The zero-order valence-electron chi connectivity index (χ0n) is 8.89. The molecule has 0 fully saturated rings. The highest BCUT2D eigenvalue weighted by Crippen LogP contribution is 2.08. The van der Waals surface area contributed by atoms with Gasteiger partial charge in [0.2, 0.25) is 0 Å². The Morgan fingerprint density at radius 3 is 2.94 bits per heavy atom. The van der Waals surface area contributed by atoms with Gasteiger partial charge in [-0.05, 0) is 17.9 Å². The van der Waals surface area contributed by atoms with E-state index in [1.54, 1.807) is 11.3 Å². The van der Waals surface area contributed by atoms with Crippen molar-refractivity contribution in [1.82, 2.24) is 15.3 Å². The highest BCUT2D eigenvalue weighted by Gasteiger charge is 2.06. The molecule has 0 saturated heterocycles. The molecule has 0 aliphatic carbocycles. The SMILES string of the molecule is O=C(NCCc1cccs1)c1cnc(Cl)cn1. The van der Waals surface area contributed by atoms with Crippen LogP contribution in [0.2, 0.25) is 5.15 Å². The first-order valence-corrected chi connectivity index (χ1v) is 6.29. The minimum atomic E-state index is -0.231. The van der Waals surface area contributed by atoms with E-state index in [-0.39, 0.29) is 16.8 Å². The van der Waals surface area contributed by atoms with E-state index >= 15 is 0 Å². The Labute approximate surface area is 108 Å². The lowest BCUT2D eigenvalue weighted by Gasteiger charge is -2.02. The fraction of sp³-hybridized carbons (Fsp3) is 0.182. The number of rotatable bonds is 4. The second kappa shape index (κ2) is 5.75. The molecule has 0 radical (unpaired) electrons. The normalized spacial score (nSPS) is 10.2. The van der Waals surface area contributed by atoms with Crippen molar-refractivity contribution in [3.63, 3.8) is 0 Å². The molecule has 1 amide bonds. The number of hydrogen-bond acceptors (Lipinski definition) is 4. The summed E-state index contributed by atoms with van der Waals surface area (Å²) in [5.41, 5.74) is 0.278. The van der Waals surface area contributed by atoms with E-state index in [4.69, 9.17) is 11.6 Å². The first-order valence-electron chi connectivity index (χ1n) is 5.04. The van der Waals surface area contributed by atoms with Crippen LogP contribution in [0.1, 0.15) is 15.4 Å². The van der Waals surface area contributed by atoms with Gasteiger partial charge in [-0.2, -0.15) is 0 Å². The summed E-state index contributed by atoms with van der Waals surface area (Å²) in [6.45, 7) is 0.587. The maximum absolute atomic E-state index is 11.6. The molecule has 4 nitrogen and oxygen atoms in total. The molecule has 2 rings (SSSR count). The second-order valence-corrected chi connectivity index (χ2v) is 4.73. The molecule has 0 aromatic carbocycles. The summed E-state index contributed by atoms with van der Waals surface area (Å²) in [5, 5.41) is 5.07. The van der Waals surface area contributed by atoms with Crippen LogP contribution in [-0.2, 0) is 6.42 Å². The third-order valence-electron chi connectivity index (χ3n) is 2.09. The largest absolute Gasteiger partial charge is 0.350 e. The van der Waals surface area contributed by atoms with Crippen molar-refractivity contribution in [2.24, 2.45) is 0 Å². The van der Waals surface area contributed by atoms with Crippen molar-refractivity contribution in [3.8, 4) is 0 Å². The van der Waals surface area contributed by atoms with Crippen molar-refractivity contribution in [2.45, 2.75) is 6.42 Å². The number of amides is 1. The highest BCUT2D eigenvalue weighted by atomic mass is 35.5. The van der Waals surface area contributed by atoms with Crippen LogP contribution in [-0.4, -0.2) is 22.4 Å². The molecule has 6 heteroatoms. The molecule has 88 valence electrons. The molecule has 2 aromatic heterocycles. The number of hydrogen-bond donors (Lipinski definition) is 1. The zero-order chi connectivity index (χ0) is 12.1. The van der Waals surface area contributed by atoms with Gasteiger partial charge in [-0.25, -0.2) is 9.97 Å². The Bertz CT molecular complexity index is 484. The lowest BCUT2D eigenvalue weighted by Crippen LogP contribution is -2.26. The highest BCUT2D eigenvalue weighted by molar-refractivity contribution is 7.09. The Morgan fingerprint density at radius 2 is 2.29 bits per heavy atom. The van der Waals surface area contributed by atoms with Crippen LogP contribution in [0.3, 0.4) is 0 Å². The number of aromatic nitrogens is 2. The summed E-state index contributed by atoms with van der Waals surface area (Å²) in [5.74, 6) is -0.231. The van der Waals surface area contributed by atoms with Gasteiger partial charge in [-0.15, -0.1) is 11.3 Å². The van der Waals surface area contributed by atoms with Crippen LogP contribution in [0.4, 0.5) is 0 Å². The Kier molecular flexibility index (Phi) is 4.06. The maximum Gasteiger partial charge on any atom is 0.271 e. The molecule has 0 aliphatic heterocycles. The van der Waals surface area contributed by atoms with E-state index in [1.807, 2.05) is 17.5 Å². The van der Waals surface area contributed by atoms with Crippen LogP contribution in [0, 0.1) is 0 Å². The van der Waals surface area contributed by atoms with Crippen LogP contribution < -0.4 is 5.32 Å². The van der Waals surface area contributed by atoms with Gasteiger partial charge in [0.1, 0.15) is 10.8 Å². The summed E-state index contributed by atoms with van der Waals surface area (Å²) in [6, 6.07) is 4.03. The number of thiophene rings is 1. The Hall–Kier alpha value is -1.46. The van der Waals surface area contributed by atoms with E-state index in [0.717, 1.165) is 6.42 Å². The van der Waals surface area contributed by atoms with Gasteiger partial charge in [0.05, 0.1) is 12.4 Å². The molecule has 17 heavy (non-hydrogen) atoms. The summed E-state index contributed by atoms with van der Waals surface area (Å²) < 4.78 is 0. The number of nitrogens with zero attached hydrogens (tertiary/aromatic N) is 2. The molecule has 2 aromatic rings. The zero-order valence-corrected chi connectivity index (χ0v) is 10.5. The first-order chi connectivity index (χ1) is 8.25. The lowest BCUT2D eigenvalue weighted by atomic mass is 10.3. The number of halogens is 1. The van der Waals surface area contributed by atoms with E-state index in [2.05, 4.69) is 15.3 Å². The average molecular weight is 268 g/mol. The third-order valence-corrected chi connectivity index (χ3v) is 3.22. The van der Waals surface area contributed by atoms with Crippen LogP contribution in [0.5, 0.6) is 0 Å². The van der Waals surface area contributed by atoms with Gasteiger partial charge in [0.15, 0.2) is 0 Å². The van der Waals surface area contributed by atoms with E-state index < -0.39 is 0 Å². The quantitative estimate of drug-likeness (QED) is 0.924. The first kappa shape index (κ1) is 12.0. The van der Waals surface area contributed by atoms with Crippen LogP contribution in [0.25, 0.3) is 0 Å². The molecule has 1 N–H and O–H groups in total. The predicted octanol–water partition coefficient (Wildman–Crippen LogP) is 2.16. The van der Waals surface area contributed by atoms with Gasteiger partial charge in [0.25, 0.3) is 5.91 Å². The van der Waals surface area contributed by atoms with Gasteiger partial charge < -0.3 is 5.32 Å². The van der Waals surface area contributed by atoms with Gasteiger partial charge in [-0.1, -0.05) is 17.7 Å². The molecule has 0 bridgehead atoms. The Morgan fingerprint density at radius 1 is 1.41 bits per heavy atom. The standard InChI is InChI=1S/C11H10ClN3OS/c12-10-7-14-9(6-15-10)11(16)13-4-3-8-2-1-5-17-8/h1-2,5-7H,3-4H2,(H,13,16). The van der Waals surface area contributed by atoms with E-state index in [9.17, 15) is 4.79 Å². The van der Waals surface area contributed by atoms with Crippen molar-refractivity contribution in [3.05, 3.63) is 45.6 Å². The molecular weight excluding hydrogens is 258 g/mol. The molecule has 0 aliphatic rings. The monoisotopic (exact) mass is 267 g/mol. The van der Waals surface area contributed by atoms with E-state index in [1.165, 1.54) is 17.3 Å². The van der Waals surface area contributed by atoms with Gasteiger partial charge in [0, 0.05) is 11.4 Å². The third kappa shape index (κ3) is 3.51. The molecule has 0 unspecified atom stereocenters. The van der Waals surface area contributed by atoms with Crippen molar-refractivity contribution in [2.75, 3.05) is 6.54 Å². The molecule has 0 saturated carbocycles. The van der Waals surface area contributed by atoms with E-state index in [0.29, 0.717) is 6.54 Å². The number of carbonyl (C=O) groups excluding carboxylic acids is 1. The van der Waals surface area contributed by atoms with Crippen LogP contribution in [0.15, 0.2) is 29.9 Å². The molecule has 2 heterocycles. The molecule has 0 spiro atoms. The summed E-state index contributed by atoms with van der Waals surface area (Å²) in [6.07, 6.45) is 3.54. The van der Waals surface area contributed by atoms with Crippen molar-refractivity contribution in [1.29, 1.82) is 0 Å². The molecule has 0 atom stereocenters. The topological polar surface area (TPSA) is 54.9 Å². The average Bonchev–Trinajstić information content (AvgIpc) is 2.83. The minimum Gasteiger partial charge on any atom is -0.350 e. The second-order valence-electron chi connectivity index (χ2n) is 3.31. The van der Waals surface area contributed by atoms with Crippen LogP contribution >= 0.6 is 22.9 Å². The molecular formula is C11H10ClN3OS. The van der Waals surface area contributed by atoms with Crippen molar-refractivity contribution >= 4 is 28.8 Å². The predicted molar refractivity (Wildman–Crippen MR) is 67.4 cm³/mol. The van der Waals surface area contributed by atoms with Crippen molar-refractivity contribution < 1.29 is 4.79 Å². The van der Waals surface area contributed by atoms with Gasteiger partial charge >= 0.3 is 0 Å². The summed E-state index contributed by atoms with van der Waals surface area (Å²) in [4.78, 5) is 20.6. The number of carbonyl (C=O) groups is 1. The smallest absolute Gasteiger partial charge is 0.271 e. The Balaban J connectivity index is 1.83. The number of nitrogens with one attached hydrogen (secondary N) is 1. The lowest BCUT2D eigenvalue weighted by molar-refractivity contribution is 0.0949. The summed E-state index contributed by atoms with van der Waals surface area (Å²) in [7, 11) is 0. The summed E-state index contributed by atoms with van der Waals surface area (Å²) >= 11 is 7.26. The maximum atomic E-state index is 11.6. The fourth-order valence-corrected chi connectivity index (χ4v) is 2.08. The fourth-order valence-electron chi connectivity index (χ4n) is 1.27. The minimum absolute atomic E-state index is 0.231.